The number of hydrogen-bond donors (Lipinski definition) is 2. The summed E-state index contributed by atoms with van der Waals surface area (Å²) < 4.78 is 0. The van der Waals surface area contributed by atoms with Crippen molar-refractivity contribution in [3.63, 3.8) is 0 Å². The fourth-order valence-electron chi connectivity index (χ4n) is 19.0. The van der Waals surface area contributed by atoms with Crippen LogP contribution in [-0.4, -0.2) is 64.8 Å². The van der Waals surface area contributed by atoms with Crippen molar-refractivity contribution < 1.29 is 119 Å². The van der Waals surface area contributed by atoms with Gasteiger partial charge in [0.25, 0.3) is 0 Å². The molecule has 13 rings (SSSR count). The topological polar surface area (TPSA) is 194 Å². The predicted molar refractivity (Wildman–Crippen MR) is 600 cm³/mol. The van der Waals surface area contributed by atoms with Gasteiger partial charge >= 0.3 is 0 Å². The number of allylic oxidation sites excluding steroid dienone is 4. The van der Waals surface area contributed by atoms with Crippen molar-refractivity contribution >= 4 is 78.3 Å². The molecule has 4 aromatic heterocycles. The van der Waals surface area contributed by atoms with Gasteiger partial charge in [0.1, 0.15) is 23.1 Å². The molecule has 0 atom stereocenters. The van der Waals surface area contributed by atoms with Crippen molar-refractivity contribution in [1.82, 2.24) is 19.9 Å². The molecule has 1 aliphatic carbocycles. The summed E-state index contributed by atoms with van der Waals surface area (Å²) in [5.41, 5.74) is 28.9. The molecule has 0 saturated heterocycles. The molecule has 2 N–H and O–H groups in total. The second kappa shape index (κ2) is 67.3. The minimum absolute atomic E-state index is 0. The Morgan fingerprint density at radius 3 is 0.952 bits per heavy atom. The normalized spacial score (nSPS) is 11.8. The van der Waals surface area contributed by atoms with Gasteiger partial charge in [0.05, 0.1) is 45.4 Å². The molecule has 1 fully saturated rings. The van der Waals surface area contributed by atoms with E-state index in [1.165, 1.54) is 115 Å². The maximum atomic E-state index is 12.1. The monoisotopic (exact) mass is 2690 g/mol. The van der Waals surface area contributed by atoms with Crippen molar-refractivity contribution in [1.29, 1.82) is 0 Å². The van der Waals surface area contributed by atoms with E-state index in [1.807, 2.05) is 111 Å². The Bertz CT molecular complexity index is 6020. The van der Waals surface area contributed by atoms with Crippen molar-refractivity contribution in [3.05, 3.63) is 284 Å². The van der Waals surface area contributed by atoms with Crippen LogP contribution in [0.3, 0.4) is 0 Å². The Hall–Kier alpha value is -8.90. The zero-order valence-electron chi connectivity index (χ0n) is 93.7. The predicted octanol–water partition coefficient (Wildman–Crippen LogP) is 34.5. The molecule has 1 saturated carbocycles. The van der Waals surface area contributed by atoms with Gasteiger partial charge in [0.15, 0.2) is 11.6 Å². The van der Waals surface area contributed by atoms with Gasteiger partial charge in [-0.2, -0.15) is 0 Å². The van der Waals surface area contributed by atoms with Gasteiger partial charge in [-0.05, 0) is 218 Å². The number of rotatable bonds is 33. The second-order valence-corrected chi connectivity index (χ2v) is 40.5. The maximum absolute atomic E-state index is 12.1. The number of carbonyl (C=O) groups excluding carboxylic acids is 6. The largest absolute Gasteiger partial charge is 0.512 e. The molecule has 0 bridgehead atoms. The van der Waals surface area contributed by atoms with E-state index in [0.717, 1.165) is 173 Å². The number of pyridine rings is 4. The molecular formula is C130H170Ir4N4O8-4. The number of Topliss-reactive ketones (excluding diaryl/α,β-unsaturated/α-hetero) is 4. The first-order valence-corrected chi connectivity index (χ1v) is 53.1. The molecule has 16 heteroatoms. The number of carbonyl (C=O) groups is 6. The number of aromatic nitrogens is 4. The molecule has 798 valence electrons. The third-order valence-electron chi connectivity index (χ3n) is 27.6. The molecular weight excluding hydrogens is 2510 g/mol. The van der Waals surface area contributed by atoms with E-state index in [-0.39, 0.29) is 174 Å². The number of ketones is 6. The Balaban J connectivity index is 0.000000566. The van der Waals surface area contributed by atoms with E-state index in [9.17, 15) is 39.0 Å². The Morgan fingerprint density at radius 2 is 0.616 bits per heavy atom. The molecule has 146 heavy (non-hydrogen) atoms. The van der Waals surface area contributed by atoms with Crippen LogP contribution in [0.1, 0.15) is 319 Å². The summed E-state index contributed by atoms with van der Waals surface area (Å²) >= 11 is 0. The zero-order valence-corrected chi connectivity index (χ0v) is 103. The molecule has 4 heterocycles. The molecule has 0 aliphatic heterocycles. The van der Waals surface area contributed by atoms with Gasteiger partial charge in [-0.15, -0.1) is 140 Å². The molecule has 1 aliphatic rings. The summed E-state index contributed by atoms with van der Waals surface area (Å²) in [6.45, 7) is 62.7. The summed E-state index contributed by atoms with van der Waals surface area (Å²) in [4.78, 5) is 90.4. The smallest absolute Gasteiger partial charge is 0.162 e. The number of aliphatic hydroxyl groups excluding tert-OH is 2. The fraction of sp³-hybridized carbons (Fsp3) is 0.462. The summed E-state index contributed by atoms with van der Waals surface area (Å²) in [6.07, 6.45) is 19.4. The van der Waals surface area contributed by atoms with Gasteiger partial charge < -0.3 is 10.2 Å². The van der Waals surface area contributed by atoms with Crippen LogP contribution in [0.5, 0.6) is 0 Å². The van der Waals surface area contributed by atoms with E-state index < -0.39 is 11.8 Å². The van der Waals surface area contributed by atoms with E-state index in [1.54, 1.807) is 13.8 Å². The summed E-state index contributed by atoms with van der Waals surface area (Å²) in [5.74, 6) is 2.08. The Labute approximate surface area is 933 Å². The van der Waals surface area contributed by atoms with Crippen LogP contribution in [0.4, 0.5) is 0 Å². The third-order valence-corrected chi connectivity index (χ3v) is 27.6. The van der Waals surface area contributed by atoms with Gasteiger partial charge in [-0.25, -0.2) is 0 Å². The van der Waals surface area contributed by atoms with Crippen LogP contribution >= 0.6 is 0 Å². The molecule has 12 aromatic rings. The van der Waals surface area contributed by atoms with Crippen LogP contribution in [0, 0.1) is 166 Å². The molecule has 0 spiro atoms. The van der Waals surface area contributed by atoms with Crippen molar-refractivity contribution in [2.24, 2.45) is 65.1 Å². The Morgan fingerprint density at radius 1 is 0.315 bits per heavy atom. The number of aryl methyl sites for hydroxylation is 11. The fourth-order valence-corrected chi connectivity index (χ4v) is 19.0. The van der Waals surface area contributed by atoms with Gasteiger partial charge in [0, 0.05) is 161 Å². The van der Waals surface area contributed by atoms with E-state index in [4.69, 9.17) is 19.9 Å². The number of benzene rings is 8. The average molecular weight is 2690 g/mol. The SMILES string of the molecule is CCC(CC)C(=O)C(C)C(=O)C(CC)CC.CCC(CC)C(=O)C(C)C(=O)C(CC)CC.CCC(CC)C(=O)C=C(O)C(C)C.CCC(CC)C(O)=CC(=O)C(C)C.Cc1[c-]c(-c2ccc3c(C)cc(C)cc3n2)cc(C)c1.Cc1[c-]c(-c2ccc3c(C)cccc3n2)cc(C)c1.Cc1[c-]c(-c2ccc3c(C4CCCC4)cccc3n2)cc(C)c1.Cc1[c-]c(-c2ccc3c(CC(C)C)cccc3n2)cc(C)c1.[Ir].[Ir].[Ir].[Ir]. The number of nitrogens with zero attached hydrogens (tertiary/aromatic N) is 4. The minimum atomic E-state index is -0.408. The number of hydrogen-bond acceptors (Lipinski definition) is 12. The van der Waals surface area contributed by atoms with E-state index >= 15 is 0 Å². The molecule has 0 amide bonds. The first-order valence-electron chi connectivity index (χ1n) is 53.1. The van der Waals surface area contributed by atoms with Crippen LogP contribution in [0.15, 0.2) is 187 Å². The average Bonchev–Trinajstić information content (AvgIpc) is 1.24. The third kappa shape index (κ3) is 40.8. The number of fused-ring (bicyclic) bond motifs is 4. The molecule has 0 unspecified atom stereocenters. The van der Waals surface area contributed by atoms with Gasteiger partial charge in [-0.3, -0.25) is 48.7 Å². The first kappa shape index (κ1) is 133. The second-order valence-electron chi connectivity index (χ2n) is 40.5. The van der Waals surface area contributed by atoms with E-state index in [0.29, 0.717) is 5.92 Å². The molecule has 4 radical (unpaired) electrons. The van der Waals surface area contributed by atoms with E-state index in [2.05, 4.69) is 278 Å². The summed E-state index contributed by atoms with van der Waals surface area (Å²) in [6, 6.07) is 71.7. The number of aliphatic hydroxyl groups is 2. The summed E-state index contributed by atoms with van der Waals surface area (Å²) in [5, 5.41) is 24.0. The van der Waals surface area contributed by atoms with Crippen molar-refractivity contribution in [3.8, 4) is 45.0 Å². The maximum Gasteiger partial charge on any atom is 0.162 e. The quantitative estimate of drug-likeness (QED) is 0.0171. The van der Waals surface area contributed by atoms with Crippen LogP contribution < -0.4 is 0 Å². The standard InChI is InChI=1S/C22H22N.C21H22N.C19H18N.C18H16N.2C14H26O2.2C11H20O2.4Ir/c1-15-12-16(2)14-18(13-15)21-11-10-20-19(17-6-3-4-7-17)8-5-9-22(20)23-21;1-14(2)10-17-6-5-7-21-19(17)8-9-20(22-21)18-12-15(3)11-16(4)13-18;1-12-7-13(2)10-16(9-12)18-6-5-17-15(4)8-14(3)11-19(17)20-18;1-12-9-13(2)11-15(10-12)17-8-7-16-14(3)5-4-6-18(16)19-17;2*1-6-11(7-2)13(15)10(5)14(16)12(8-3)9-4;2*1-5-9(6-2)11(13)7-10(12)8(3)4;;;;/h5,8-13,17H,3-4,6-7H2,1-2H3;5-9,11-12,14H,10H2,1-4H3;5-9,11H,1-4H3;4-10H,1-3H3;2*10-12H,6-9H2,1-5H3;7-9,13H,5-6H2,1-4H3;7-9,12H,5-6H2,1-4H3;;;;/q4*-1;;;;;;;;. The molecule has 12 nitrogen and oxygen atoms in total. The van der Waals surface area contributed by atoms with Crippen LogP contribution in [-0.2, 0) is 116 Å². The summed E-state index contributed by atoms with van der Waals surface area (Å²) in [7, 11) is 0. The van der Waals surface area contributed by atoms with Crippen molar-refractivity contribution in [2.45, 2.75) is 330 Å². The van der Waals surface area contributed by atoms with Gasteiger partial charge in [-0.1, -0.05) is 284 Å². The van der Waals surface area contributed by atoms with Crippen LogP contribution in [0.25, 0.3) is 88.6 Å². The van der Waals surface area contributed by atoms with Gasteiger partial charge in [0.2, 0.25) is 0 Å². The van der Waals surface area contributed by atoms with Crippen LogP contribution in [0.2, 0.25) is 0 Å². The minimum Gasteiger partial charge on any atom is -0.512 e. The van der Waals surface area contributed by atoms with Crippen molar-refractivity contribution in [2.75, 3.05) is 0 Å². The first-order chi connectivity index (χ1) is 67.5. The molecule has 8 aromatic carbocycles. The Kier molecular flexibility index (Phi) is 61.4. The zero-order chi connectivity index (χ0) is 105.